The third kappa shape index (κ3) is 1.99. The van der Waals surface area contributed by atoms with Crippen molar-refractivity contribution >= 4 is 33.2 Å². The minimum absolute atomic E-state index is 0.247. The molecule has 3 rings (SSSR count). The van der Waals surface area contributed by atoms with Crippen LogP contribution in [0.4, 0.5) is 0 Å². The average Bonchev–Trinajstić information content (AvgIpc) is 2.72. The van der Waals surface area contributed by atoms with E-state index in [4.69, 9.17) is 16.0 Å². The first-order valence-electron chi connectivity index (χ1n) is 5.04. The van der Waals surface area contributed by atoms with E-state index in [1.165, 1.54) is 11.3 Å². The zero-order valence-corrected chi connectivity index (χ0v) is 10.3. The highest BCUT2D eigenvalue weighted by atomic mass is 35.5. The maximum atomic E-state index is 9.39. The summed E-state index contributed by atoms with van der Waals surface area (Å²) in [7, 11) is 0. The van der Waals surface area contributed by atoms with Crippen LogP contribution in [0.15, 0.2) is 46.9 Å². The van der Waals surface area contributed by atoms with E-state index in [9.17, 15) is 5.11 Å². The first-order valence-corrected chi connectivity index (χ1v) is 6.23. The standard InChI is InChI=1S/C13H7ClO2S/c14-9-3-1-8(2-4-9)13-16-11-6-5-10(15)7-12(11)17-13/h1-7H/p+1. The number of fused-ring (bicyclic) bond motifs is 1. The van der Waals surface area contributed by atoms with Crippen molar-refractivity contribution in [3.8, 4) is 16.4 Å². The fraction of sp³-hybridized carbons (Fsp3) is 0. The molecule has 1 heterocycles. The molecule has 2 nitrogen and oxygen atoms in total. The van der Waals surface area contributed by atoms with Crippen molar-refractivity contribution in [2.75, 3.05) is 0 Å². The van der Waals surface area contributed by atoms with E-state index in [0.29, 0.717) is 5.02 Å². The van der Waals surface area contributed by atoms with Crippen LogP contribution >= 0.6 is 22.9 Å². The lowest BCUT2D eigenvalue weighted by Gasteiger charge is -1.88. The van der Waals surface area contributed by atoms with Crippen LogP contribution in [0, 0.1) is 0 Å². The monoisotopic (exact) mass is 263 g/mol. The normalized spacial score (nSPS) is 10.9. The molecule has 1 aromatic heterocycles. The highest BCUT2D eigenvalue weighted by molar-refractivity contribution is 7.21. The fourth-order valence-electron chi connectivity index (χ4n) is 1.59. The number of aromatic hydroxyl groups is 1. The molecule has 84 valence electrons. The SMILES string of the molecule is Oc1ccc2[o+]c(-c3ccc(Cl)cc3)sc2c1. The lowest BCUT2D eigenvalue weighted by Crippen LogP contribution is -1.69. The molecule has 0 spiro atoms. The number of hydrogen-bond donors (Lipinski definition) is 1. The summed E-state index contributed by atoms with van der Waals surface area (Å²) >= 11 is 7.34. The van der Waals surface area contributed by atoms with Gasteiger partial charge in [0.05, 0.1) is 5.56 Å². The zero-order valence-electron chi connectivity index (χ0n) is 8.68. The molecular weight excluding hydrogens is 256 g/mol. The Balaban J connectivity index is 2.14. The van der Waals surface area contributed by atoms with Gasteiger partial charge in [0.1, 0.15) is 10.4 Å². The highest BCUT2D eigenvalue weighted by Gasteiger charge is 2.19. The van der Waals surface area contributed by atoms with Gasteiger partial charge in [-0.15, -0.1) is 0 Å². The van der Waals surface area contributed by atoms with Crippen LogP contribution in [-0.2, 0) is 0 Å². The number of hydrogen-bond acceptors (Lipinski definition) is 2. The number of rotatable bonds is 1. The summed E-state index contributed by atoms with van der Waals surface area (Å²) < 4.78 is 6.64. The van der Waals surface area contributed by atoms with Crippen LogP contribution in [0.1, 0.15) is 0 Å². The lowest BCUT2D eigenvalue weighted by atomic mass is 10.2. The summed E-state index contributed by atoms with van der Waals surface area (Å²) in [4.78, 5) is 0. The zero-order chi connectivity index (χ0) is 11.8. The summed E-state index contributed by atoms with van der Waals surface area (Å²) in [6, 6.07) is 12.6. The van der Waals surface area contributed by atoms with Crippen molar-refractivity contribution in [1.29, 1.82) is 0 Å². The van der Waals surface area contributed by atoms with Crippen LogP contribution in [0.3, 0.4) is 0 Å². The van der Waals surface area contributed by atoms with Crippen molar-refractivity contribution in [2.24, 2.45) is 0 Å². The molecule has 4 heteroatoms. The van der Waals surface area contributed by atoms with E-state index in [2.05, 4.69) is 0 Å². The Morgan fingerprint density at radius 3 is 2.59 bits per heavy atom. The summed E-state index contributed by atoms with van der Waals surface area (Å²) in [5.74, 6) is 0.247. The van der Waals surface area contributed by atoms with E-state index < -0.39 is 0 Å². The predicted octanol–water partition coefficient (Wildman–Crippen LogP) is 4.80. The summed E-state index contributed by atoms with van der Waals surface area (Å²) in [5.41, 5.74) is 1.76. The molecule has 2 aromatic carbocycles. The smallest absolute Gasteiger partial charge is 0.418 e. The van der Waals surface area contributed by atoms with E-state index in [0.717, 1.165) is 20.9 Å². The van der Waals surface area contributed by atoms with Crippen LogP contribution < -0.4 is 0 Å². The van der Waals surface area contributed by atoms with Gasteiger partial charge in [-0.1, -0.05) is 11.6 Å². The maximum absolute atomic E-state index is 9.39. The van der Waals surface area contributed by atoms with Gasteiger partial charge in [-0.05, 0) is 41.7 Å². The summed E-state index contributed by atoms with van der Waals surface area (Å²) in [6.07, 6.45) is 0. The van der Waals surface area contributed by atoms with Crippen molar-refractivity contribution in [2.45, 2.75) is 0 Å². The molecule has 0 amide bonds. The first-order chi connectivity index (χ1) is 8.22. The van der Waals surface area contributed by atoms with Gasteiger partial charge in [0.2, 0.25) is 0 Å². The molecule has 0 aliphatic heterocycles. The van der Waals surface area contributed by atoms with Gasteiger partial charge < -0.3 is 5.11 Å². The first kappa shape index (κ1) is 10.6. The Labute approximate surface area is 107 Å². The Hall–Kier alpha value is -1.58. The molecule has 0 unspecified atom stereocenters. The summed E-state index contributed by atoms with van der Waals surface area (Å²) in [5, 5.41) is 10.9. The number of halogens is 1. The predicted molar refractivity (Wildman–Crippen MR) is 70.6 cm³/mol. The average molecular weight is 264 g/mol. The molecule has 0 saturated heterocycles. The third-order valence-corrected chi connectivity index (χ3v) is 3.71. The minimum Gasteiger partial charge on any atom is -0.508 e. The van der Waals surface area contributed by atoms with Gasteiger partial charge in [-0.3, -0.25) is 0 Å². The second-order valence-electron chi connectivity index (χ2n) is 3.63. The van der Waals surface area contributed by atoms with Gasteiger partial charge in [0, 0.05) is 17.2 Å². The van der Waals surface area contributed by atoms with Gasteiger partial charge in [0.25, 0.3) is 0 Å². The number of phenols is 1. The largest absolute Gasteiger partial charge is 0.508 e. The molecule has 0 fully saturated rings. The molecule has 0 saturated carbocycles. The van der Waals surface area contributed by atoms with Crippen LogP contribution in [0.5, 0.6) is 5.75 Å². The molecule has 0 atom stereocenters. The fourth-order valence-corrected chi connectivity index (χ4v) is 2.69. The molecule has 0 aliphatic rings. The van der Waals surface area contributed by atoms with Gasteiger partial charge >= 0.3 is 10.7 Å². The maximum Gasteiger partial charge on any atom is 0.418 e. The van der Waals surface area contributed by atoms with E-state index in [-0.39, 0.29) is 5.75 Å². The highest BCUT2D eigenvalue weighted by Crippen LogP contribution is 2.35. The molecule has 17 heavy (non-hydrogen) atoms. The van der Waals surface area contributed by atoms with E-state index in [1.807, 2.05) is 24.3 Å². The molecule has 0 aliphatic carbocycles. The summed E-state index contributed by atoms with van der Waals surface area (Å²) in [6.45, 7) is 0. The van der Waals surface area contributed by atoms with Crippen molar-refractivity contribution < 1.29 is 9.52 Å². The van der Waals surface area contributed by atoms with E-state index in [1.54, 1.807) is 18.2 Å². The van der Waals surface area contributed by atoms with Crippen LogP contribution in [0.2, 0.25) is 5.02 Å². The van der Waals surface area contributed by atoms with E-state index >= 15 is 0 Å². The number of phenolic OH excluding ortho intramolecular Hbond substituents is 1. The van der Waals surface area contributed by atoms with Gasteiger partial charge in [0.15, 0.2) is 0 Å². The molecule has 0 radical (unpaired) electrons. The van der Waals surface area contributed by atoms with Crippen molar-refractivity contribution in [3.05, 3.63) is 47.5 Å². The quantitative estimate of drug-likeness (QED) is 0.640. The molecule has 3 aromatic rings. The second-order valence-corrected chi connectivity index (χ2v) is 5.08. The lowest BCUT2D eigenvalue weighted by molar-refractivity contribution is 0.476. The van der Waals surface area contributed by atoms with Gasteiger partial charge in [-0.2, -0.15) is 4.42 Å². The Kier molecular flexibility index (Phi) is 2.50. The molecule has 0 bridgehead atoms. The van der Waals surface area contributed by atoms with Crippen molar-refractivity contribution in [3.63, 3.8) is 0 Å². The Bertz CT molecular complexity index is 673. The Morgan fingerprint density at radius 1 is 1.06 bits per heavy atom. The van der Waals surface area contributed by atoms with Crippen molar-refractivity contribution in [1.82, 2.24) is 0 Å². The Morgan fingerprint density at radius 2 is 1.82 bits per heavy atom. The number of benzene rings is 2. The molecular formula is C13H8ClO2S+. The minimum atomic E-state index is 0.247. The van der Waals surface area contributed by atoms with Crippen LogP contribution in [-0.4, -0.2) is 5.11 Å². The van der Waals surface area contributed by atoms with Gasteiger partial charge in [-0.25, -0.2) is 0 Å². The third-order valence-electron chi connectivity index (χ3n) is 2.41. The topological polar surface area (TPSA) is 31.5 Å². The van der Waals surface area contributed by atoms with Crippen LogP contribution in [0.25, 0.3) is 20.9 Å². The second kappa shape index (κ2) is 4.02. The molecule has 1 N–H and O–H groups in total.